The second-order valence-electron chi connectivity index (χ2n) is 7.45. The fourth-order valence-corrected chi connectivity index (χ4v) is 6.56. The van der Waals surface area contributed by atoms with E-state index in [4.69, 9.17) is 14.2 Å². The summed E-state index contributed by atoms with van der Waals surface area (Å²) in [5.74, 6) is -0.540. The van der Waals surface area contributed by atoms with E-state index in [1.807, 2.05) is 0 Å². The maximum atomic E-state index is 13.0. The van der Waals surface area contributed by atoms with Crippen LogP contribution in [0.5, 0.6) is 17.2 Å². The van der Waals surface area contributed by atoms with Gasteiger partial charge in [-0.1, -0.05) is 13.0 Å². The molecule has 10 nitrogen and oxygen atoms in total. The maximum Gasteiger partial charge on any atom is 0.244 e. The van der Waals surface area contributed by atoms with Gasteiger partial charge in [0.2, 0.25) is 26.0 Å². The zero-order chi connectivity index (χ0) is 24.4. The Morgan fingerprint density at radius 2 is 1.64 bits per heavy atom. The lowest BCUT2D eigenvalue weighted by atomic mass is 10.1. The molecule has 0 aliphatic carbocycles. The number of nitrogens with one attached hydrogen (secondary N) is 1. The molecule has 1 atom stereocenters. The number of carbonyl (C=O) groups is 1. The van der Waals surface area contributed by atoms with E-state index in [0.717, 1.165) is 11.6 Å². The first kappa shape index (κ1) is 24.8. The second kappa shape index (κ2) is 9.57. The summed E-state index contributed by atoms with van der Waals surface area (Å²) in [6.45, 7) is 1.57. The first-order valence-corrected chi connectivity index (χ1v) is 13.1. The largest absolute Gasteiger partial charge is 0.495 e. The summed E-state index contributed by atoms with van der Waals surface area (Å²) in [5, 5.41) is 0. The van der Waals surface area contributed by atoms with E-state index < -0.39 is 31.9 Å². The van der Waals surface area contributed by atoms with Crippen LogP contribution in [0.2, 0.25) is 0 Å². The molecule has 1 aliphatic rings. The smallest absolute Gasteiger partial charge is 0.244 e. The molecule has 2 aromatic carbocycles. The molecule has 1 amide bonds. The third kappa shape index (κ3) is 5.07. The molecule has 0 saturated carbocycles. The van der Waals surface area contributed by atoms with Gasteiger partial charge >= 0.3 is 0 Å². The van der Waals surface area contributed by atoms with Crippen LogP contribution in [0.1, 0.15) is 12.5 Å². The topological polar surface area (TPSA) is 128 Å². The zero-order valence-electron chi connectivity index (χ0n) is 18.7. The third-order valence-electron chi connectivity index (χ3n) is 5.19. The van der Waals surface area contributed by atoms with Gasteiger partial charge in [0.1, 0.15) is 10.6 Å². The Kier molecular flexibility index (Phi) is 7.20. The lowest BCUT2D eigenvalue weighted by Crippen LogP contribution is -2.31. The van der Waals surface area contributed by atoms with Gasteiger partial charge in [0.05, 0.1) is 38.7 Å². The highest BCUT2D eigenvalue weighted by molar-refractivity contribution is 7.94. The summed E-state index contributed by atoms with van der Waals surface area (Å²) in [5.41, 5.74) is 0.768. The van der Waals surface area contributed by atoms with Crippen LogP contribution in [0.4, 0.5) is 5.69 Å². The standard InChI is InChI=1S/C21H26N2O8S2/c1-14-13-32(25,26)23(21(14)24)16-6-8-18(30-3)20(12-16)33(27,28)22-10-9-15-5-7-17(29-2)19(11-15)31-4/h5-8,11-12,14,22H,9-10,13H2,1-4H3/t14-/m0/s1. The molecule has 0 aromatic heterocycles. The number of rotatable bonds is 9. The third-order valence-corrected chi connectivity index (χ3v) is 8.54. The van der Waals surface area contributed by atoms with Crippen molar-refractivity contribution in [3.05, 3.63) is 42.0 Å². The molecule has 0 spiro atoms. The van der Waals surface area contributed by atoms with Gasteiger partial charge in [-0.2, -0.15) is 0 Å². The summed E-state index contributed by atoms with van der Waals surface area (Å²) >= 11 is 0. The van der Waals surface area contributed by atoms with Crippen LogP contribution in [0.3, 0.4) is 0 Å². The normalized spacial score (nSPS) is 17.8. The number of methoxy groups -OCH3 is 3. The van der Waals surface area contributed by atoms with Crippen LogP contribution in [-0.4, -0.2) is 56.4 Å². The molecular formula is C21H26N2O8S2. The minimum absolute atomic E-state index is 0.0226. The number of carbonyl (C=O) groups excluding carboxylic acids is 1. The maximum absolute atomic E-state index is 13.0. The highest BCUT2D eigenvalue weighted by Crippen LogP contribution is 2.34. The second-order valence-corrected chi connectivity index (χ2v) is 11.1. The number of nitrogens with zero attached hydrogens (tertiary/aromatic N) is 1. The molecule has 0 unspecified atom stereocenters. The molecule has 0 radical (unpaired) electrons. The molecule has 3 rings (SSSR count). The van der Waals surface area contributed by atoms with Crippen LogP contribution in [0.15, 0.2) is 41.3 Å². The minimum Gasteiger partial charge on any atom is -0.495 e. The summed E-state index contributed by atoms with van der Waals surface area (Å²) in [6.07, 6.45) is 0.359. The Balaban J connectivity index is 1.84. The molecule has 33 heavy (non-hydrogen) atoms. The average molecular weight is 499 g/mol. The monoisotopic (exact) mass is 498 g/mol. The molecule has 1 saturated heterocycles. The number of sulfonamides is 2. The predicted octanol–water partition coefficient (Wildman–Crippen LogP) is 1.55. The van der Waals surface area contributed by atoms with E-state index in [9.17, 15) is 21.6 Å². The number of benzene rings is 2. The van der Waals surface area contributed by atoms with E-state index in [1.54, 1.807) is 18.2 Å². The quantitative estimate of drug-likeness (QED) is 0.551. The van der Waals surface area contributed by atoms with Crippen LogP contribution in [-0.2, 0) is 31.3 Å². The van der Waals surface area contributed by atoms with Crippen LogP contribution in [0.25, 0.3) is 0 Å². The number of anilines is 1. The number of hydrogen-bond donors (Lipinski definition) is 1. The van der Waals surface area contributed by atoms with Crippen molar-refractivity contribution in [1.29, 1.82) is 0 Å². The average Bonchev–Trinajstić information content (AvgIpc) is 2.99. The van der Waals surface area contributed by atoms with E-state index in [0.29, 0.717) is 22.2 Å². The molecule has 1 fully saturated rings. The van der Waals surface area contributed by atoms with Crippen LogP contribution < -0.4 is 23.2 Å². The molecule has 2 aromatic rings. The molecule has 1 heterocycles. The summed E-state index contributed by atoms with van der Waals surface area (Å²) in [6, 6.07) is 9.06. The molecule has 12 heteroatoms. The summed E-state index contributed by atoms with van der Waals surface area (Å²) < 4.78 is 69.6. The van der Waals surface area contributed by atoms with Crippen molar-refractivity contribution in [2.45, 2.75) is 18.2 Å². The Morgan fingerprint density at radius 3 is 2.21 bits per heavy atom. The Labute approximate surface area is 193 Å². The van der Waals surface area contributed by atoms with Gasteiger partial charge in [-0.3, -0.25) is 4.79 Å². The van der Waals surface area contributed by atoms with E-state index >= 15 is 0 Å². The zero-order valence-corrected chi connectivity index (χ0v) is 20.3. The van der Waals surface area contributed by atoms with E-state index in [1.165, 1.54) is 40.4 Å². The van der Waals surface area contributed by atoms with E-state index in [-0.39, 0.29) is 28.6 Å². The van der Waals surface area contributed by atoms with Gasteiger partial charge in [0.15, 0.2) is 11.5 Å². The van der Waals surface area contributed by atoms with Gasteiger partial charge in [0.25, 0.3) is 0 Å². The summed E-state index contributed by atoms with van der Waals surface area (Å²) in [4.78, 5) is 12.1. The molecular weight excluding hydrogens is 472 g/mol. The first-order chi connectivity index (χ1) is 15.5. The van der Waals surface area contributed by atoms with Crippen molar-refractivity contribution in [3.63, 3.8) is 0 Å². The minimum atomic E-state index is -4.09. The predicted molar refractivity (Wildman–Crippen MR) is 122 cm³/mol. The van der Waals surface area contributed by atoms with Crippen molar-refractivity contribution in [2.75, 3.05) is 37.9 Å². The van der Waals surface area contributed by atoms with Gasteiger partial charge < -0.3 is 14.2 Å². The van der Waals surface area contributed by atoms with Crippen LogP contribution >= 0.6 is 0 Å². The molecule has 1 N–H and O–H groups in total. The highest BCUT2D eigenvalue weighted by atomic mass is 32.2. The van der Waals surface area contributed by atoms with Gasteiger partial charge in [0, 0.05) is 6.54 Å². The van der Waals surface area contributed by atoms with Crippen LogP contribution in [0, 0.1) is 5.92 Å². The lowest BCUT2D eigenvalue weighted by molar-refractivity contribution is -0.119. The summed E-state index contributed by atoms with van der Waals surface area (Å²) in [7, 11) is -3.63. The first-order valence-electron chi connectivity index (χ1n) is 9.99. The molecule has 180 valence electrons. The number of ether oxygens (including phenoxy) is 3. The highest BCUT2D eigenvalue weighted by Gasteiger charge is 2.42. The Hall–Kier alpha value is -2.83. The van der Waals surface area contributed by atoms with Gasteiger partial charge in [-0.15, -0.1) is 0 Å². The van der Waals surface area contributed by atoms with Crippen molar-refractivity contribution in [3.8, 4) is 17.2 Å². The number of amides is 1. The Morgan fingerprint density at radius 1 is 1.00 bits per heavy atom. The fraction of sp³-hybridized carbons (Fsp3) is 0.381. The fourth-order valence-electron chi connectivity index (χ4n) is 3.53. The van der Waals surface area contributed by atoms with E-state index in [2.05, 4.69) is 4.72 Å². The molecule has 1 aliphatic heterocycles. The lowest BCUT2D eigenvalue weighted by Gasteiger charge is -2.18. The Bertz CT molecular complexity index is 1260. The van der Waals surface area contributed by atoms with Gasteiger partial charge in [-0.05, 0) is 42.3 Å². The van der Waals surface area contributed by atoms with Crippen molar-refractivity contribution < 1.29 is 35.8 Å². The van der Waals surface area contributed by atoms with Crippen molar-refractivity contribution in [1.82, 2.24) is 4.72 Å². The number of hydrogen-bond acceptors (Lipinski definition) is 8. The van der Waals surface area contributed by atoms with Crippen molar-refractivity contribution in [2.24, 2.45) is 5.92 Å². The molecule has 0 bridgehead atoms. The SMILES string of the molecule is COc1ccc(CCNS(=O)(=O)c2cc(N3C(=O)[C@@H](C)CS3(=O)=O)ccc2OC)cc1OC. The van der Waals surface area contributed by atoms with Crippen molar-refractivity contribution >= 4 is 31.6 Å². The van der Waals surface area contributed by atoms with Gasteiger partial charge in [-0.25, -0.2) is 25.9 Å².